The van der Waals surface area contributed by atoms with E-state index in [2.05, 4.69) is 20.5 Å². The Bertz CT molecular complexity index is 1650. The zero-order valence-electron chi connectivity index (χ0n) is 26.0. The number of nitrogens with zero attached hydrogens (tertiary/aromatic N) is 6. The molecule has 2 aromatic heterocycles. The van der Waals surface area contributed by atoms with Gasteiger partial charge in [-0.05, 0) is 12.1 Å². The van der Waals surface area contributed by atoms with Crippen molar-refractivity contribution < 1.29 is 61.8 Å². The molecule has 4 rings (SSSR count). The molecule has 1 aromatic carbocycles. The third kappa shape index (κ3) is 9.37. The van der Waals surface area contributed by atoms with E-state index in [1.165, 1.54) is 30.5 Å². The summed E-state index contributed by atoms with van der Waals surface area (Å²) in [6, 6.07) is 5.54. The molecule has 0 saturated carbocycles. The molecule has 0 N–H and O–H groups in total. The van der Waals surface area contributed by atoms with Crippen molar-refractivity contribution in [3.8, 4) is 11.4 Å². The first-order valence-electron chi connectivity index (χ1n) is 14.2. The van der Waals surface area contributed by atoms with Crippen LogP contribution in [0.2, 0.25) is 0 Å². The smallest absolute Gasteiger partial charge is 0.306 e. The average molecular weight is 675 g/mol. The second kappa shape index (κ2) is 15.7. The Labute approximate surface area is 270 Å². The molecule has 3 aromatic rings. The Hall–Kier alpha value is -5.79. The summed E-state index contributed by atoms with van der Waals surface area (Å²) in [4.78, 5) is 74.5. The van der Waals surface area contributed by atoms with Crippen molar-refractivity contribution in [1.82, 2.24) is 25.1 Å². The summed E-state index contributed by atoms with van der Waals surface area (Å²) in [7, 11) is 0. The second-order valence-electron chi connectivity index (χ2n) is 10.3. The van der Waals surface area contributed by atoms with Gasteiger partial charge in [-0.25, -0.2) is 4.68 Å². The quantitative estimate of drug-likeness (QED) is 0.107. The summed E-state index contributed by atoms with van der Waals surface area (Å²) >= 11 is 0. The fourth-order valence-corrected chi connectivity index (χ4v) is 4.56. The van der Waals surface area contributed by atoms with Crippen LogP contribution in [0.15, 0.2) is 35.0 Å². The van der Waals surface area contributed by atoms with Gasteiger partial charge in [0.2, 0.25) is 11.7 Å². The van der Waals surface area contributed by atoms with Gasteiger partial charge in [0.25, 0.3) is 5.69 Å². The van der Waals surface area contributed by atoms with E-state index in [9.17, 15) is 34.1 Å². The highest BCUT2D eigenvalue weighted by Crippen LogP contribution is 2.34. The third-order valence-electron chi connectivity index (χ3n) is 6.51. The maximum atomic E-state index is 12.4. The number of ether oxygens (including phenoxy) is 6. The summed E-state index contributed by atoms with van der Waals surface area (Å²) in [5, 5.41) is 22.6. The highest BCUT2D eigenvalue weighted by Gasteiger charge is 2.53. The fourth-order valence-electron chi connectivity index (χ4n) is 4.56. The number of nitro groups is 1. The molecule has 0 unspecified atom stereocenters. The van der Waals surface area contributed by atoms with Crippen LogP contribution in [0.5, 0.6) is 0 Å². The molecule has 0 amide bonds. The zero-order chi connectivity index (χ0) is 35.0. The number of carbonyl (C=O) groups excluding carboxylic acids is 5. The number of rotatable bonds is 13. The van der Waals surface area contributed by atoms with Crippen molar-refractivity contribution in [1.29, 1.82) is 0 Å². The van der Waals surface area contributed by atoms with Crippen LogP contribution in [0.4, 0.5) is 5.69 Å². The topological polar surface area (TPSA) is 253 Å². The molecule has 256 valence electrons. The van der Waals surface area contributed by atoms with E-state index in [1.807, 2.05) is 0 Å². The van der Waals surface area contributed by atoms with E-state index < -0.39 is 72.0 Å². The highest BCUT2D eigenvalue weighted by molar-refractivity contribution is 5.70. The minimum atomic E-state index is -1.41. The molecule has 1 saturated heterocycles. The molecule has 1 fully saturated rings. The summed E-state index contributed by atoms with van der Waals surface area (Å²) in [5.74, 6) is -3.36. The van der Waals surface area contributed by atoms with Gasteiger partial charge in [-0.3, -0.25) is 34.1 Å². The van der Waals surface area contributed by atoms with Gasteiger partial charge in [0.1, 0.15) is 25.0 Å². The number of carbonyl (C=O) groups is 5. The molecular formula is C28H30N6O14. The second-order valence-corrected chi connectivity index (χ2v) is 10.3. The number of aromatic nitrogens is 5. The molecular weight excluding hydrogens is 644 g/mol. The molecule has 20 heteroatoms. The first kappa shape index (κ1) is 35.1. The normalized spacial score (nSPS) is 20.3. The minimum Gasteiger partial charge on any atom is -0.463 e. The average Bonchev–Trinajstić information content (AvgIpc) is 3.69. The monoisotopic (exact) mass is 674 g/mol. The Morgan fingerprint density at radius 2 is 1.54 bits per heavy atom. The molecule has 1 aliphatic heterocycles. The number of esters is 5. The molecule has 1 aliphatic rings. The molecule has 20 nitrogen and oxygen atoms in total. The first-order chi connectivity index (χ1) is 22.8. The van der Waals surface area contributed by atoms with Crippen LogP contribution < -0.4 is 0 Å². The van der Waals surface area contributed by atoms with Gasteiger partial charge in [-0.15, -0.1) is 5.10 Å². The van der Waals surface area contributed by atoms with Gasteiger partial charge in [-0.1, -0.05) is 10.4 Å². The molecule has 0 spiro atoms. The Kier molecular flexibility index (Phi) is 11.4. The van der Waals surface area contributed by atoms with Crippen LogP contribution >= 0.6 is 0 Å². The van der Waals surface area contributed by atoms with Gasteiger partial charge in [-0.2, -0.15) is 4.98 Å². The fraction of sp³-hybridized carbons (Fsp3) is 0.464. The number of aryl methyl sites for hydroxylation is 1. The predicted octanol–water partition coefficient (Wildman–Crippen LogP) is 1.17. The number of hydrogen-bond donors (Lipinski definition) is 0. The van der Waals surface area contributed by atoms with Gasteiger partial charge in [0, 0.05) is 51.8 Å². The predicted molar refractivity (Wildman–Crippen MR) is 152 cm³/mol. The van der Waals surface area contributed by atoms with E-state index in [-0.39, 0.29) is 42.5 Å². The molecule has 5 atom stereocenters. The number of nitro benzene ring substituents is 1. The van der Waals surface area contributed by atoms with Crippen molar-refractivity contribution in [2.45, 2.75) is 77.8 Å². The third-order valence-corrected chi connectivity index (χ3v) is 6.51. The molecule has 48 heavy (non-hydrogen) atoms. The van der Waals surface area contributed by atoms with E-state index in [0.29, 0.717) is 5.56 Å². The highest BCUT2D eigenvalue weighted by atomic mass is 16.7. The lowest BCUT2D eigenvalue weighted by Crippen LogP contribution is -2.60. The minimum absolute atomic E-state index is 0.0379. The van der Waals surface area contributed by atoms with Gasteiger partial charge in [0.15, 0.2) is 24.5 Å². The van der Waals surface area contributed by atoms with E-state index in [1.54, 1.807) is 0 Å². The maximum Gasteiger partial charge on any atom is 0.306 e. The van der Waals surface area contributed by atoms with Crippen molar-refractivity contribution >= 4 is 35.5 Å². The van der Waals surface area contributed by atoms with E-state index in [0.717, 1.165) is 32.4 Å². The number of hydrogen-bond acceptors (Lipinski definition) is 18. The van der Waals surface area contributed by atoms with Crippen LogP contribution in [-0.2, 0) is 65.4 Å². The standard InChI is InChI=1S/C28H30N6O14/c1-14(35)42-13-21-24(44-15(2)36)25(45-16(3)37)26(46-17(4)38)28(47-21)33-11-19(30-32-33)12-43-23(39)10-9-22-29-27(31-48-22)18-5-7-20(8-6-18)34(40)41/h5-8,11,21,24-26,28H,9-10,12-13H2,1-4H3/t21-,24-,25+,26-,28-/m1/s1. The van der Waals surface area contributed by atoms with E-state index in [4.69, 9.17) is 32.9 Å². The summed E-state index contributed by atoms with van der Waals surface area (Å²) in [6.07, 6.45) is -5.48. The van der Waals surface area contributed by atoms with Gasteiger partial charge >= 0.3 is 29.8 Å². The Balaban J connectivity index is 1.42. The lowest BCUT2D eigenvalue weighted by Gasteiger charge is -2.44. The van der Waals surface area contributed by atoms with Crippen LogP contribution in [0.1, 0.15) is 51.9 Å². The molecule has 0 radical (unpaired) electrons. The van der Waals surface area contributed by atoms with Crippen molar-refractivity contribution in [2.24, 2.45) is 0 Å². The van der Waals surface area contributed by atoms with Crippen molar-refractivity contribution in [2.75, 3.05) is 6.61 Å². The van der Waals surface area contributed by atoms with Crippen molar-refractivity contribution in [3.63, 3.8) is 0 Å². The lowest BCUT2D eigenvalue weighted by atomic mass is 9.97. The SMILES string of the molecule is CC(=O)OC[C@H]1O[C@@H](n2cc(COC(=O)CCc3nc(-c4ccc([N+](=O)[O-])cc4)no3)nn2)[C@H](OC(C)=O)[C@@H](OC(C)=O)[C@@H]1OC(C)=O. The summed E-state index contributed by atoms with van der Waals surface area (Å²) in [6.45, 7) is 3.69. The largest absolute Gasteiger partial charge is 0.463 e. The molecule has 0 aliphatic carbocycles. The van der Waals surface area contributed by atoms with Crippen LogP contribution in [-0.4, -0.2) is 90.9 Å². The number of benzene rings is 1. The number of non-ortho nitro benzene ring substituents is 1. The van der Waals surface area contributed by atoms with E-state index >= 15 is 0 Å². The van der Waals surface area contributed by atoms with Crippen LogP contribution in [0.25, 0.3) is 11.4 Å². The molecule has 3 heterocycles. The Morgan fingerprint density at radius 3 is 2.17 bits per heavy atom. The van der Waals surface area contributed by atoms with Crippen LogP contribution in [0.3, 0.4) is 0 Å². The van der Waals surface area contributed by atoms with Crippen LogP contribution in [0, 0.1) is 10.1 Å². The molecule has 0 bridgehead atoms. The lowest BCUT2D eigenvalue weighted by molar-refractivity contribution is -0.384. The maximum absolute atomic E-state index is 12.4. The Morgan fingerprint density at radius 1 is 0.896 bits per heavy atom. The zero-order valence-corrected chi connectivity index (χ0v) is 26.0. The van der Waals surface area contributed by atoms with Gasteiger partial charge < -0.3 is 32.9 Å². The summed E-state index contributed by atoms with van der Waals surface area (Å²) < 4.78 is 38.8. The summed E-state index contributed by atoms with van der Waals surface area (Å²) in [5.41, 5.74) is 0.538. The van der Waals surface area contributed by atoms with Crippen molar-refractivity contribution in [3.05, 3.63) is 52.2 Å². The first-order valence-corrected chi connectivity index (χ1v) is 14.2. The van der Waals surface area contributed by atoms with Gasteiger partial charge in [0.05, 0.1) is 17.5 Å².